The van der Waals surface area contributed by atoms with E-state index in [1.54, 1.807) is 29.7 Å². The van der Waals surface area contributed by atoms with Crippen LogP contribution in [-0.2, 0) is 0 Å². The van der Waals surface area contributed by atoms with Crippen molar-refractivity contribution in [2.24, 2.45) is 0 Å². The molecule has 5 rings (SSSR count). The van der Waals surface area contributed by atoms with Gasteiger partial charge in [-0.3, -0.25) is 9.36 Å². The molecule has 3 aromatic heterocycles. The van der Waals surface area contributed by atoms with E-state index in [-0.39, 0.29) is 23.3 Å². The van der Waals surface area contributed by atoms with E-state index >= 15 is 0 Å². The van der Waals surface area contributed by atoms with Gasteiger partial charge < -0.3 is 20.6 Å². The number of nitrogens with one attached hydrogen (secondary N) is 1. The van der Waals surface area contributed by atoms with Crippen molar-refractivity contribution in [3.63, 3.8) is 0 Å². The number of nitrogens with zero attached hydrogens (tertiary/aromatic N) is 6. The molecule has 4 aromatic rings. The van der Waals surface area contributed by atoms with Crippen molar-refractivity contribution in [2.45, 2.75) is 44.9 Å². The van der Waals surface area contributed by atoms with E-state index < -0.39 is 12.1 Å². The van der Waals surface area contributed by atoms with E-state index in [1.165, 1.54) is 6.33 Å². The number of nitrogens with two attached hydrogens (primary N) is 1. The number of rotatable bonds is 5. The van der Waals surface area contributed by atoms with Gasteiger partial charge in [-0.15, -0.1) is 10.2 Å². The molecule has 0 aliphatic heterocycles. The highest BCUT2D eigenvalue weighted by Crippen LogP contribution is 2.36. The Morgan fingerprint density at radius 3 is 2.79 bits per heavy atom. The second kappa shape index (κ2) is 8.09. The minimum Gasteiger partial charge on any atom is -0.421 e. The Bertz CT molecular complexity index is 1410. The van der Waals surface area contributed by atoms with E-state index in [1.807, 2.05) is 6.92 Å². The van der Waals surface area contributed by atoms with Crippen LogP contribution in [0, 0.1) is 6.92 Å². The van der Waals surface area contributed by atoms with Gasteiger partial charge in [0.05, 0.1) is 28.1 Å². The van der Waals surface area contributed by atoms with Gasteiger partial charge in [0.2, 0.25) is 5.89 Å². The molecule has 1 aromatic carbocycles. The van der Waals surface area contributed by atoms with Gasteiger partial charge in [-0.1, -0.05) is 17.7 Å². The summed E-state index contributed by atoms with van der Waals surface area (Å²) in [6.07, 6.45) is 1.79. The second-order valence-electron chi connectivity index (χ2n) is 8.03. The standard InChI is InChI=1S/C21H21ClN8O3/c1-9(26-18-16(17(23)24-8-25-18)20-29-28-10(2)33-20)19-27-14-5-3-4-13(22)15(14)21(32)30(19)11-6-12(31)7-11/h3-5,8-9,11-12,31H,6-7H2,1-2H3,(H3,23,24,25,26)/t9-,11?,12?/m0/s1. The quantitative estimate of drug-likeness (QED) is 0.397. The normalized spacial score (nSPS) is 18.8. The molecule has 33 heavy (non-hydrogen) atoms. The molecule has 0 radical (unpaired) electrons. The molecule has 11 nitrogen and oxygen atoms in total. The summed E-state index contributed by atoms with van der Waals surface area (Å²) in [7, 11) is 0. The van der Waals surface area contributed by atoms with Gasteiger partial charge in [-0.05, 0) is 31.9 Å². The molecule has 1 saturated carbocycles. The van der Waals surface area contributed by atoms with Crippen LogP contribution in [0.25, 0.3) is 22.4 Å². The Morgan fingerprint density at radius 1 is 1.30 bits per heavy atom. The van der Waals surface area contributed by atoms with Gasteiger partial charge in [0.15, 0.2) is 0 Å². The zero-order valence-corrected chi connectivity index (χ0v) is 18.6. The van der Waals surface area contributed by atoms with Crippen molar-refractivity contribution in [1.29, 1.82) is 0 Å². The molecule has 1 atom stereocenters. The van der Waals surface area contributed by atoms with Gasteiger partial charge in [0, 0.05) is 13.0 Å². The number of fused-ring (bicyclic) bond motifs is 1. The molecule has 4 N–H and O–H groups in total. The maximum Gasteiger partial charge on any atom is 0.263 e. The van der Waals surface area contributed by atoms with Crippen molar-refractivity contribution in [1.82, 2.24) is 29.7 Å². The summed E-state index contributed by atoms with van der Waals surface area (Å²) in [4.78, 5) is 26.6. The van der Waals surface area contributed by atoms with Crippen molar-refractivity contribution >= 4 is 34.1 Å². The minimum absolute atomic E-state index is 0.168. The lowest BCUT2D eigenvalue weighted by Gasteiger charge is -2.35. The maximum atomic E-state index is 13.5. The Morgan fingerprint density at radius 2 is 2.09 bits per heavy atom. The van der Waals surface area contributed by atoms with Crippen LogP contribution in [0.4, 0.5) is 11.6 Å². The van der Waals surface area contributed by atoms with E-state index in [4.69, 9.17) is 26.7 Å². The molecule has 1 aliphatic rings. The van der Waals surface area contributed by atoms with Gasteiger partial charge in [-0.2, -0.15) is 0 Å². The first-order chi connectivity index (χ1) is 15.8. The van der Waals surface area contributed by atoms with E-state index in [2.05, 4.69) is 25.5 Å². The fourth-order valence-corrected chi connectivity index (χ4v) is 4.28. The molecule has 0 spiro atoms. The summed E-state index contributed by atoms with van der Waals surface area (Å²) in [5.74, 6) is 1.56. The van der Waals surface area contributed by atoms with Gasteiger partial charge in [-0.25, -0.2) is 15.0 Å². The molecule has 12 heteroatoms. The molecule has 170 valence electrons. The number of anilines is 2. The summed E-state index contributed by atoms with van der Waals surface area (Å²) in [6.45, 7) is 3.52. The first-order valence-corrected chi connectivity index (χ1v) is 10.8. The Kier molecular flexibility index (Phi) is 5.22. The average Bonchev–Trinajstić information content (AvgIpc) is 3.17. The number of hydrogen-bond acceptors (Lipinski definition) is 10. The average molecular weight is 469 g/mol. The van der Waals surface area contributed by atoms with Crippen LogP contribution in [-0.4, -0.2) is 40.9 Å². The zero-order chi connectivity index (χ0) is 23.3. The molecule has 0 unspecified atom stereocenters. The monoisotopic (exact) mass is 468 g/mol. The molecular weight excluding hydrogens is 448 g/mol. The number of halogens is 1. The number of aromatic nitrogens is 6. The lowest BCUT2D eigenvalue weighted by atomic mass is 9.89. The third-order valence-corrected chi connectivity index (χ3v) is 6.03. The largest absolute Gasteiger partial charge is 0.421 e. The molecule has 0 bridgehead atoms. The highest BCUT2D eigenvalue weighted by atomic mass is 35.5. The number of aryl methyl sites for hydroxylation is 1. The SMILES string of the molecule is Cc1nnc(-c2c(N)ncnc2N[C@@H](C)c2nc3cccc(Cl)c3c(=O)n2C2CC(O)C2)o1. The number of hydrogen-bond donors (Lipinski definition) is 3. The summed E-state index contributed by atoms with van der Waals surface area (Å²) < 4.78 is 7.14. The van der Waals surface area contributed by atoms with Crippen molar-refractivity contribution in [3.05, 3.63) is 51.6 Å². The minimum atomic E-state index is -0.476. The molecule has 1 aliphatic carbocycles. The molecule has 0 amide bonds. The summed E-state index contributed by atoms with van der Waals surface area (Å²) in [5, 5.41) is 21.7. The zero-order valence-electron chi connectivity index (χ0n) is 17.9. The second-order valence-corrected chi connectivity index (χ2v) is 8.44. The number of nitrogen functional groups attached to an aromatic ring is 1. The molecule has 3 heterocycles. The summed E-state index contributed by atoms with van der Waals surface area (Å²) in [6, 6.07) is 4.49. The molecule has 0 saturated heterocycles. The fourth-order valence-electron chi connectivity index (χ4n) is 4.03. The third kappa shape index (κ3) is 3.68. The highest BCUT2D eigenvalue weighted by Gasteiger charge is 2.33. The lowest BCUT2D eigenvalue weighted by molar-refractivity contribution is 0.0454. The van der Waals surface area contributed by atoms with Crippen LogP contribution in [0.15, 0.2) is 33.7 Å². The van der Waals surface area contributed by atoms with Gasteiger partial charge in [0.25, 0.3) is 11.4 Å². The number of aliphatic hydroxyl groups excluding tert-OH is 1. The summed E-state index contributed by atoms with van der Waals surface area (Å²) >= 11 is 6.33. The smallest absolute Gasteiger partial charge is 0.263 e. The van der Waals surface area contributed by atoms with Crippen LogP contribution in [0.5, 0.6) is 0 Å². The summed E-state index contributed by atoms with van der Waals surface area (Å²) in [5.41, 5.74) is 6.69. The van der Waals surface area contributed by atoms with Crippen molar-refractivity contribution in [3.8, 4) is 11.5 Å². The topological polar surface area (TPSA) is 158 Å². The maximum absolute atomic E-state index is 13.5. The molecule has 1 fully saturated rings. The Hall–Kier alpha value is -3.57. The van der Waals surface area contributed by atoms with Gasteiger partial charge in [0.1, 0.15) is 29.4 Å². The molecular formula is C21H21ClN8O3. The van der Waals surface area contributed by atoms with Crippen molar-refractivity contribution in [2.75, 3.05) is 11.1 Å². The predicted octanol–water partition coefficient (Wildman–Crippen LogP) is 2.65. The van der Waals surface area contributed by atoms with E-state index in [0.717, 1.165) is 0 Å². The lowest BCUT2D eigenvalue weighted by Crippen LogP contribution is -2.40. The van der Waals surface area contributed by atoms with Crippen molar-refractivity contribution < 1.29 is 9.52 Å². The number of benzene rings is 1. The van der Waals surface area contributed by atoms with Crippen LogP contribution in [0.2, 0.25) is 5.02 Å². The van der Waals surface area contributed by atoms with Crippen LogP contribution in [0.1, 0.15) is 43.6 Å². The van der Waals surface area contributed by atoms with Crippen LogP contribution in [0.3, 0.4) is 0 Å². The van der Waals surface area contributed by atoms with E-state index in [9.17, 15) is 9.90 Å². The first kappa shape index (κ1) is 21.3. The number of aliphatic hydroxyl groups is 1. The predicted molar refractivity (Wildman–Crippen MR) is 122 cm³/mol. The Labute approximate surface area is 192 Å². The van der Waals surface area contributed by atoms with Crippen LogP contribution >= 0.6 is 11.6 Å². The van der Waals surface area contributed by atoms with Gasteiger partial charge >= 0.3 is 0 Å². The first-order valence-electron chi connectivity index (χ1n) is 10.4. The van der Waals surface area contributed by atoms with Crippen LogP contribution < -0.4 is 16.6 Å². The Balaban J connectivity index is 1.61. The third-order valence-electron chi connectivity index (χ3n) is 5.72. The fraction of sp³-hybridized carbons (Fsp3) is 0.333. The highest BCUT2D eigenvalue weighted by molar-refractivity contribution is 6.35. The van der Waals surface area contributed by atoms with E-state index in [0.29, 0.717) is 51.9 Å².